The number of amides is 1. The Bertz CT molecular complexity index is 1240. The van der Waals surface area contributed by atoms with Gasteiger partial charge < -0.3 is 10.1 Å². The van der Waals surface area contributed by atoms with Crippen LogP contribution in [0.3, 0.4) is 0 Å². The van der Waals surface area contributed by atoms with Crippen LogP contribution >= 0.6 is 23.2 Å². The van der Waals surface area contributed by atoms with E-state index in [9.17, 15) is 18.0 Å². The van der Waals surface area contributed by atoms with E-state index in [2.05, 4.69) is 10.0 Å². The van der Waals surface area contributed by atoms with E-state index < -0.39 is 38.8 Å². The molecule has 0 aliphatic rings. The first-order valence-electron chi connectivity index (χ1n) is 10.6. The van der Waals surface area contributed by atoms with Gasteiger partial charge in [-0.25, -0.2) is 8.42 Å². The van der Waals surface area contributed by atoms with E-state index in [1.54, 1.807) is 66.7 Å². The van der Waals surface area contributed by atoms with Crippen LogP contribution in [0, 0.1) is 6.92 Å². The summed E-state index contributed by atoms with van der Waals surface area (Å²) in [5, 5.41) is 2.56. The number of rotatable bonds is 10. The van der Waals surface area contributed by atoms with E-state index in [0.717, 1.165) is 5.56 Å². The number of nitrogens with one attached hydrogen (secondary N) is 2. The van der Waals surface area contributed by atoms with Gasteiger partial charge in [0.2, 0.25) is 10.0 Å². The number of ether oxygens (including phenoxy) is 1. The molecule has 0 spiro atoms. The molecule has 1 amide bonds. The zero-order valence-corrected chi connectivity index (χ0v) is 21.1. The van der Waals surface area contributed by atoms with Gasteiger partial charge in [-0.2, -0.15) is 4.72 Å². The zero-order chi connectivity index (χ0) is 25.4. The summed E-state index contributed by atoms with van der Waals surface area (Å²) in [7, 11) is -4.18. The molecule has 0 aromatic heterocycles. The number of halogens is 2. The average molecular weight is 535 g/mol. The topological polar surface area (TPSA) is 102 Å². The Balaban J connectivity index is 1.98. The van der Waals surface area contributed by atoms with Gasteiger partial charge in [-0.05, 0) is 30.2 Å². The largest absolute Gasteiger partial charge is 0.460 e. The quantitative estimate of drug-likeness (QED) is 0.302. The second kappa shape index (κ2) is 12.2. The molecular formula is C25H24Cl2N2O5S. The fraction of sp³-hybridized carbons (Fsp3) is 0.200. The summed E-state index contributed by atoms with van der Waals surface area (Å²) < 4.78 is 34.3. The second-order valence-corrected chi connectivity index (χ2v) is 10.5. The molecule has 2 atom stereocenters. The molecule has 3 rings (SSSR count). The van der Waals surface area contributed by atoms with Crippen LogP contribution in [0.2, 0.25) is 0 Å². The van der Waals surface area contributed by atoms with Gasteiger partial charge in [0.25, 0.3) is 5.91 Å². The van der Waals surface area contributed by atoms with Gasteiger partial charge >= 0.3 is 5.97 Å². The second-order valence-electron chi connectivity index (χ2n) is 7.70. The third-order valence-corrected chi connectivity index (χ3v) is 6.93. The number of esters is 1. The highest BCUT2D eigenvalue weighted by atomic mass is 35.5. The lowest BCUT2D eigenvalue weighted by molar-refractivity contribution is -0.148. The van der Waals surface area contributed by atoms with E-state index in [-0.39, 0.29) is 11.5 Å². The van der Waals surface area contributed by atoms with E-state index in [1.165, 1.54) is 12.1 Å². The van der Waals surface area contributed by atoms with Crippen molar-refractivity contribution >= 4 is 45.1 Å². The van der Waals surface area contributed by atoms with Crippen molar-refractivity contribution in [2.45, 2.75) is 35.3 Å². The van der Waals surface area contributed by atoms with E-state index >= 15 is 0 Å². The maximum atomic E-state index is 13.3. The zero-order valence-electron chi connectivity index (χ0n) is 18.7. The molecule has 35 heavy (non-hydrogen) atoms. The lowest BCUT2D eigenvalue weighted by Crippen LogP contribution is -2.51. The molecule has 2 unspecified atom stereocenters. The average Bonchev–Trinajstić information content (AvgIpc) is 2.86. The molecular weight excluding hydrogens is 511 g/mol. The van der Waals surface area contributed by atoms with Crippen molar-refractivity contribution in [2.24, 2.45) is 0 Å². The van der Waals surface area contributed by atoms with Gasteiger partial charge in [0.1, 0.15) is 12.6 Å². The number of alkyl halides is 2. The Hall–Kier alpha value is -2.91. The SMILES string of the molecule is Cc1ccc(S(=O)(=O)NC(C(=O)OCc2ccccc2)C(NC(=O)C(Cl)Cl)c2ccccc2)cc1. The lowest BCUT2D eigenvalue weighted by Gasteiger charge is -2.28. The summed E-state index contributed by atoms with van der Waals surface area (Å²) in [6, 6.07) is 20.8. The Morgan fingerprint density at radius 2 is 1.46 bits per heavy atom. The number of benzene rings is 3. The van der Waals surface area contributed by atoms with Crippen molar-refractivity contribution in [3.05, 3.63) is 102 Å². The molecule has 0 fully saturated rings. The first kappa shape index (κ1) is 26.7. The van der Waals surface area contributed by atoms with Crippen LogP contribution < -0.4 is 10.0 Å². The first-order valence-corrected chi connectivity index (χ1v) is 13.0. The van der Waals surface area contributed by atoms with Gasteiger partial charge in [0.05, 0.1) is 10.9 Å². The van der Waals surface area contributed by atoms with Crippen LogP contribution in [0.1, 0.15) is 22.7 Å². The van der Waals surface area contributed by atoms with E-state index in [1.807, 2.05) is 13.0 Å². The predicted octanol–water partition coefficient (Wildman–Crippen LogP) is 4.05. The molecule has 0 heterocycles. The minimum Gasteiger partial charge on any atom is -0.460 e. The number of carbonyl (C=O) groups is 2. The van der Waals surface area contributed by atoms with Crippen molar-refractivity contribution < 1.29 is 22.7 Å². The van der Waals surface area contributed by atoms with E-state index in [0.29, 0.717) is 11.1 Å². The van der Waals surface area contributed by atoms with Crippen LogP contribution in [0.4, 0.5) is 0 Å². The normalized spacial score (nSPS) is 13.1. The third-order valence-electron chi connectivity index (χ3n) is 5.08. The smallest absolute Gasteiger partial charge is 0.327 e. The van der Waals surface area contributed by atoms with Crippen LogP contribution in [-0.4, -0.2) is 31.2 Å². The highest BCUT2D eigenvalue weighted by Gasteiger charge is 2.37. The summed E-state index contributed by atoms with van der Waals surface area (Å²) >= 11 is 11.5. The monoisotopic (exact) mass is 534 g/mol. The van der Waals surface area contributed by atoms with Crippen molar-refractivity contribution in [1.82, 2.24) is 10.0 Å². The maximum Gasteiger partial charge on any atom is 0.327 e. The van der Waals surface area contributed by atoms with Crippen LogP contribution in [0.5, 0.6) is 0 Å². The van der Waals surface area contributed by atoms with Gasteiger partial charge in [0.15, 0.2) is 4.84 Å². The van der Waals surface area contributed by atoms with Gasteiger partial charge in [-0.3, -0.25) is 9.59 Å². The minimum absolute atomic E-state index is 0.0466. The number of hydrogen-bond acceptors (Lipinski definition) is 5. The van der Waals surface area contributed by atoms with Gasteiger partial charge in [0, 0.05) is 0 Å². The van der Waals surface area contributed by atoms with Crippen LogP contribution in [0.25, 0.3) is 0 Å². The Kier molecular flexibility index (Phi) is 9.28. The molecule has 10 heteroatoms. The highest BCUT2D eigenvalue weighted by molar-refractivity contribution is 7.89. The molecule has 0 aliphatic carbocycles. The lowest BCUT2D eigenvalue weighted by atomic mass is 10.00. The molecule has 7 nitrogen and oxygen atoms in total. The first-order chi connectivity index (χ1) is 16.7. The standard InChI is InChI=1S/C25H24Cl2N2O5S/c1-17-12-14-20(15-13-17)35(32,33)29-22(25(31)34-16-18-8-4-2-5-9-18)21(28-24(30)23(26)27)19-10-6-3-7-11-19/h2-15,21-23,29H,16H2,1H3,(H,28,30). The molecule has 2 N–H and O–H groups in total. The number of sulfonamides is 1. The molecule has 184 valence electrons. The third kappa shape index (κ3) is 7.53. The number of carbonyl (C=O) groups excluding carboxylic acids is 2. The van der Waals surface area contributed by atoms with Crippen molar-refractivity contribution in [3.8, 4) is 0 Å². The predicted molar refractivity (Wildman–Crippen MR) is 134 cm³/mol. The summed E-state index contributed by atoms with van der Waals surface area (Å²) in [4.78, 5) is 24.2. The van der Waals surface area contributed by atoms with Crippen LogP contribution in [0.15, 0.2) is 89.8 Å². The number of hydrogen-bond donors (Lipinski definition) is 2. The maximum absolute atomic E-state index is 13.3. The fourth-order valence-electron chi connectivity index (χ4n) is 3.26. The van der Waals surface area contributed by atoms with Crippen LogP contribution in [-0.2, 0) is 31.0 Å². The van der Waals surface area contributed by atoms with E-state index in [4.69, 9.17) is 27.9 Å². The van der Waals surface area contributed by atoms with Crippen molar-refractivity contribution in [2.75, 3.05) is 0 Å². The summed E-state index contributed by atoms with van der Waals surface area (Å²) in [5.74, 6) is -1.68. The summed E-state index contributed by atoms with van der Waals surface area (Å²) in [5.41, 5.74) is 2.03. The minimum atomic E-state index is -4.18. The number of aryl methyl sites for hydroxylation is 1. The van der Waals surface area contributed by atoms with Crippen molar-refractivity contribution in [1.29, 1.82) is 0 Å². The summed E-state index contributed by atoms with van der Waals surface area (Å²) in [6.07, 6.45) is 0. The molecule has 3 aromatic carbocycles. The van der Waals surface area contributed by atoms with Crippen molar-refractivity contribution in [3.63, 3.8) is 0 Å². The Morgan fingerprint density at radius 1 is 0.886 bits per heavy atom. The molecule has 0 radical (unpaired) electrons. The molecule has 0 bridgehead atoms. The van der Waals surface area contributed by atoms with Gasteiger partial charge in [-0.1, -0.05) is 102 Å². The Labute approximate surface area is 214 Å². The summed E-state index contributed by atoms with van der Waals surface area (Å²) in [6.45, 7) is 1.73. The molecule has 0 saturated heterocycles. The van der Waals surface area contributed by atoms with Gasteiger partial charge in [-0.15, -0.1) is 0 Å². The Morgan fingerprint density at radius 3 is 2.03 bits per heavy atom. The molecule has 0 saturated carbocycles. The molecule has 0 aliphatic heterocycles. The molecule has 3 aromatic rings. The highest BCUT2D eigenvalue weighted by Crippen LogP contribution is 2.22. The fourth-order valence-corrected chi connectivity index (χ4v) is 4.58.